The molecule has 0 bridgehead atoms. The van der Waals surface area contributed by atoms with Gasteiger partial charge in [-0.1, -0.05) is 6.07 Å². The number of benzene rings is 1. The van der Waals surface area contributed by atoms with Gasteiger partial charge in [-0.25, -0.2) is 8.78 Å². The summed E-state index contributed by atoms with van der Waals surface area (Å²) in [5, 5.41) is 0. The Hall–Kier alpha value is -0.670. The van der Waals surface area contributed by atoms with E-state index in [9.17, 15) is 8.78 Å². The number of hydrogen-bond acceptors (Lipinski definition) is 1. The summed E-state index contributed by atoms with van der Waals surface area (Å²) in [5.41, 5.74) is 0.383. The molecule has 2 rings (SSSR count). The van der Waals surface area contributed by atoms with Crippen LogP contribution >= 0.6 is 11.6 Å². The van der Waals surface area contributed by atoms with E-state index in [2.05, 4.69) is 0 Å². The first kappa shape index (κ1) is 9.87. The zero-order valence-corrected chi connectivity index (χ0v) is 8.15. The smallest absolute Gasteiger partial charge is 0.159 e. The van der Waals surface area contributed by atoms with Gasteiger partial charge in [0.15, 0.2) is 11.6 Å². The molecule has 0 aliphatic carbocycles. The molecule has 0 atom stereocenters. The second-order valence-corrected chi connectivity index (χ2v) is 3.80. The maximum atomic E-state index is 12.9. The monoisotopic (exact) mass is 218 g/mol. The van der Waals surface area contributed by atoms with Crippen molar-refractivity contribution >= 4 is 11.6 Å². The fraction of sp³-hybridized carbons (Fsp3) is 0.400. The van der Waals surface area contributed by atoms with Crippen LogP contribution in [0.3, 0.4) is 0 Å². The summed E-state index contributed by atoms with van der Waals surface area (Å²) in [5.74, 6) is -1.31. The molecule has 1 saturated heterocycles. The molecule has 0 unspecified atom stereocenters. The molecule has 0 N–H and O–H groups in total. The third kappa shape index (κ3) is 1.41. The van der Waals surface area contributed by atoms with Gasteiger partial charge in [-0.05, 0) is 17.7 Å². The lowest BCUT2D eigenvalue weighted by Crippen LogP contribution is -2.48. The first-order chi connectivity index (χ1) is 6.68. The topological polar surface area (TPSA) is 9.23 Å². The Morgan fingerprint density at radius 3 is 2.43 bits per heavy atom. The van der Waals surface area contributed by atoms with Crippen LogP contribution in [0.4, 0.5) is 8.78 Å². The molecule has 0 saturated carbocycles. The van der Waals surface area contributed by atoms with E-state index in [4.69, 9.17) is 16.3 Å². The molecule has 0 amide bonds. The first-order valence-corrected chi connectivity index (χ1v) is 4.81. The Bertz CT molecular complexity index is 344. The number of alkyl halides is 1. The van der Waals surface area contributed by atoms with Crippen LogP contribution in [0, 0.1) is 11.6 Å². The second kappa shape index (κ2) is 3.48. The predicted molar refractivity (Wildman–Crippen MR) is 49.6 cm³/mol. The van der Waals surface area contributed by atoms with Crippen LogP contribution in [0.2, 0.25) is 0 Å². The fourth-order valence-corrected chi connectivity index (χ4v) is 1.80. The molecule has 1 nitrogen and oxygen atoms in total. The molecular weight excluding hydrogens is 210 g/mol. The van der Waals surface area contributed by atoms with E-state index in [1.165, 1.54) is 6.07 Å². The van der Waals surface area contributed by atoms with Crippen LogP contribution in [-0.2, 0) is 10.2 Å². The Kier molecular flexibility index (Phi) is 2.45. The Morgan fingerprint density at radius 1 is 1.29 bits per heavy atom. The van der Waals surface area contributed by atoms with Gasteiger partial charge in [0.1, 0.15) is 0 Å². The molecule has 1 aromatic carbocycles. The van der Waals surface area contributed by atoms with Crippen molar-refractivity contribution < 1.29 is 13.5 Å². The van der Waals surface area contributed by atoms with Crippen molar-refractivity contribution in [2.75, 3.05) is 19.1 Å². The van der Waals surface area contributed by atoms with Crippen LogP contribution in [0.15, 0.2) is 18.2 Å². The summed E-state index contributed by atoms with van der Waals surface area (Å²) < 4.78 is 30.7. The molecule has 1 aromatic rings. The first-order valence-electron chi connectivity index (χ1n) is 4.27. The summed E-state index contributed by atoms with van der Waals surface area (Å²) >= 11 is 5.79. The molecule has 14 heavy (non-hydrogen) atoms. The molecule has 1 fully saturated rings. The Balaban J connectivity index is 2.36. The highest BCUT2D eigenvalue weighted by Gasteiger charge is 2.39. The highest BCUT2D eigenvalue weighted by molar-refractivity contribution is 6.18. The molecule has 1 heterocycles. The fourth-order valence-electron chi connectivity index (χ4n) is 1.50. The van der Waals surface area contributed by atoms with Crippen LogP contribution in [-0.4, -0.2) is 19.1 Å². The normalized spacial score (nSPS) is 19.1. The van der Waals surface area contributed by atoms with Crippen LogP contribution < -0.4 is 0 Å². The lowest BCUT2D eigenvalue weighted by Gasteiger charge is -2.40. The second-order valence-electron chi connectivity index (χ2n) is 3.54. The lowest BCUT2D eigenvalue weighted by molar-refractivity contribution is -0.0481. The van der Waals surface area contributed by atoms with E-state index in [-0.39, 0.29) is 5.41 Å². The Labute approximate surface area is 85.6 Å². The lowest BCUT2D eigenvalue weighted by atomic mass is 9.80. The molecule has 0 aromatic heterocycles. The maximum absolute atomic E-state index is 12.9. The number of ether oxygens (including phenoxy) is 1. The minimum Gasteiger partial charge on any atom is -0.379 e. The zero-order chi connectivity index (χ0) is 10.2. The third-order valence-electron chi connectivity index (χ3n) is 2.54. The van der Waals surface area contributed by atoms with Gasteiger partial charge in [0.05, 0.1) is 18.6 Å². The van der Waals surface area contributed by atoms with Gasteiger partial charge in [0.2, 0.25) is 0 Å². The molecule has 1 aliphatic rings. The van der Waals surface area contributed by atoms with Crippen molar-refractivity contribution in [1.82, 2.24) is 0 Å². The number of halogens is 3. The van der Waals surface area contributed by atoms with E-state index in [1.807, 2.05) is 0 Å². The van der Waals surface area contributed by atoms with Gasteiger partial charge in [0.25, 0.3) is 0 Å². The molecule has 0 spiro atoms. The van der Waals surface area contributed by atoms with E-state index in [0.29, 0.717) is 24.7 Å². The van der Waals surface area contributed by atoms with Crippen molar-refractivity contribution in [3.63, 3.8) is 0 Å². The average Bonchev–Trinajstić information content (AvgIpc) is 2.10. The zero-order valence-electron chi connectivity index (χ0n) is 7.40. The van der Waals surface area contributed by atoms with Crippen LogP contribution in [0.5, 0.6) is 0 Å². The quantitative estimate of drug-likeness (QED) is 0.693. The Morgan fingerprint density at radius 2 is 2.00 bits per heavy atom. The summed E-state index contributed by atoms with van der Waals surface area (Å²) in [7, 11) is 0. The van der Waals surface area contributed by atoms with Gasteiger partial charge in [-0.15, -0.1) is 11.6 Å². The van der Waals surface area contributed by atoms with Crippen molar-refractivity contribution in [2.24, 2.45) is 0 Å². The van der Waals surface area contributed by atoms with Gasteiger partial charge in [-0.2, -0.15) is 0 Å². The van der Waals surface area contributed by atoms with Gasteiger partial charge < -0.3 is 4.74 Å². The van der Waals surface area contributed by atoms with Gasteiger partial charge in [-0.3, -0.25) is 0 Å². The summed E-state index contributed by atoms with van der Waals surface area (Å²) in [6.07, 6.45) is 0. The number of hydrogen-bond donors (Lipinski definition) is 0. The third-order valence-corrected chi connectivity index (χ3v) is 3.06. The average molecular weight is 219 g/mol. The van der Waals surface area contributed by atoms with Crippen molar-refractivity contribution in [3.8, 4) is 0 Å². The predicted octanol–water partition coefficient (Wildman–Crippen LogP) is 2.47. The number of rotatable bonds is 2. The SMILES string of the molecule is Fc1ccc(C2(CCl)COC2)cc1F. The largest absolute Gasteiger partial charge is 0.379 e. The van der Waals surface area contributed by atoms with E-state index >= 15 is 0 Å². The van der Waals surface area contributed by atoms with Gasteiger partial charge >= 0.3 is 0 Å². The minimum absolute atomic E-state index is 0.323. The highest BCUT2D eigenvalue weighted by atomic mass is 35.5. The molecule has 0 radical (unpaired) electrons. The summed E-state index contributed by atoms with van der Waals surface area (Å²) in [6, 6.07) is 3.88. The van der Waals surface area contributed by atoms with Crippen molar-refractivity contribution in [1.29, 1.82) is 0 Å². The van der Waals surface area contributed by atoms with E-state index < -0.39 is 11.6 Å². The van der Waals surface area contributed by atoms with Crippen molar-refractivity contribution in [2.45, 2.75) is 5.41 Å². The van der Waals surface area contributed by atoms with Crippen molar-refractivity contribution in [3.05, 3.63) is 35.4 Å². The van der Waals surface area contributed by atoms with Crippen LogP contribution in [0.1, 0.15) is 5.56 Å². The molecular formula is C10H9ClF2O. The molecule has 76 valence electrons. The van der Waals surface area contributed by atoms with E-state index in [1.54, 1.807) is 6.07 Å². The summed E-state index contributed by atoms with van der Waals surface area (Å²) in [6.45, 7) is 0.948. The van der Waals surface area contributed by atoms with Crippen LogP contribution in [0.25, 0.3) is 0 Å². The summed E-state index contributed by atoms with van der Waals surface area (Å²) in [4.78, 5) is 0. The highest BCUT2D eigenvalue weighted by Crippen LogP contribution is 2.34. The van der Waals surface area contributed by atoms with E-state index in [0.717, 1.165) is 6.07 Å². The standard InChI is InChI=1S/C10H9ClF2O/c11-4-10(5-14-6-10)7-1-2-8(12)9(13)3-7/h1-3H,4-6H2. The maximum Gasteiger partial charge on any atom is 0.159 e. The molecule has 1 aliphatic heterocycles. The molecule has 4 heteroatoms. The van der Waals surface area contributed by atoms with Gasteiger partial charge in [0, 0.05) is 5.88 Å². The minimum atomic E-state index is -0.835.